The lowest BCUT2D eigenvalue weighted by Gasteiger charge is -2.11. The first-order valence-corrected chi connectivity index (χ1v) is 4.71. The highest BCUT2D eigenvalue weighted by atomic mass is 16.4. The van der Waals surface area contributed by atoms with Gasteiger partial charge in [0.1, 0.15) is 0 Å². The fourth-order valence-corrected chi connectivity index (χ4v) is 1.97. The van der Waals surface area contributed by atoms with Gasteiger partial charge in [-0.2, -0.15) is 0 Å². The van der Waals surface area contributed by atoms with Crippen molar-refractivity contribution in [2.45, 2.75) is 32.6 Å². The maximum atomic E-state index is 10.9. The summed E-state index contributed by atoms with van der Waals surface area (Å²) >= 11 is 0. The minimum Gasteiger partial charge on any atom is -0.478 e. The SMILES string of the molecule is C/C(C(=O)O)=C(/C(=O)O)C1CCCC1. The molecule has 1 aliphatic rings. The van der Waals surface area contributed by atoms with Crippen molar-refractivity contribution < 1.29 is 19.8 Å². The Balaban J connectivity index is 2.99. The highest BCUT2D eigenvalue weighted by Gasteiger charge is 2.27. The standard InChI is InChI=1S/C10H14O4/c1-6(9(11)12)8(10(13)14)7-4-2-3-5-7/h7H,2-5H2,1H3,(H,11,12)(H,13,14)/b8-6-. The molecule has 0 saturated heterocycles. The molecule has 78 valence electrons. The third kappa shape index (κ3) is 2.13. The Hall–Kier alpha value is -1.32. The molecule has 14 heavy (non-hydrogen) atoms. The lowest BCUT2D eigenvalue weighted by molar-refractivity contribution is -0.136. The van der Waals surface area contributed by atoms with Crippen LogP contribution in [0.3, 0.4) is 0 Å². The molecule has 2 N–H and O–H groups in total. The van der Waals surface area contributed by atoms with Crippen LogP contribution in [0.4, 0.5) is 0 Å². The minimum atomic E-state index is -1.13. The second-order valence-electron chi connectivity index (χ2n) is 3.63. The zero-order chi connectivity index (χ0) is 10.7. The van der Waals surface area contributed by atoms with Gasteiger partial charge in [0.05, 0.1) is 5.57 Å². The van der Waals surface area contributed by atoms with Crippen LogP contribution in [0.1, 0.15) is 32.6 Å². The maximum absolute atomic E-state index is 10.9. The average molecular weight is 198 g/mol. The summed E-state index contributed by atoms with van der Waals surface area (Å²) in [6.07, 6.45) is 3.58. The van der Waals surface area contributed by atoms with Crippen LogP contribution in [0.2, 0.25) is 0 Å². The van der Waals surface area contributed by atoms with E-state index in [-0.39, 0.29) is 17.1 Å². The summed E-state index contributed by atoms with van der Waals surface area (Å²) in [6, 6.07) is 0. The van der Waals surface area contributed by atoms with Crippen molar-refractivity contribution in [1.29, 1.82) is 0 Å². The maximum Gasteiger partial charge on any atom is 0.332 e. The second kappa shape index (κ2) is 4.26. The molecule has 1 aliphatic carbocycles. The van der Waals surface area contributed by atoms with E-state index in [1.807, 2.05) is 0 Å². The first kappa shape index (κ1) is 10.8. The third-order valence-corrected chi connectivity index (χ3v) is 2.72. The lowest BCUT2D eigenvalue weighted by Crippen LogP contribution is -2.15. The van der Waals surface area contributed by atoms with Crippen LogP contribution in [0.15, 0.2) is 11.1 Å². The Morgan fingerprint density at radius 3 is 1.93 bits per heavy atom. The van der Waals surface area contributed by atoms with Crippen LogP contribution in [-0.4, -0.2) is 22.2 Å². The summed E-state index contributed by atoms with van der Waals surface area (Å²) in [5, 5.41) is 17.7. The van der Waals surface area contributed by atoms with Gasteiger partial charge in [-0.05, 0) is 25.7 Å². The molecule has 1 saturated carbocycles. The summed E-state index contributed by atoms with van der Waals surface area (Å²) in [4.78, 5) is 21.6. The van der Waals surface area contributed by atoms with Gasteiger partial charge in [0.2, 0.25) is 0 Å². The molecular weight excluding hydrogens is 184 g/mol. The minimum absolute atomic E-state index is 0.0237. The van der Waals surface area contributed by atoms with E-state index in [9.17, 15) is 9.59 Å². The van der Waals surface area contributed by atoms with Gasteiger partial charge < -0.3 is 10.2 Å². The van der Waals surface area contributed by atoms with Crippen LogP contribution in [0.25, 0.3) is 0 Å². The molecule has 0 aromatic heterocycles. The Morgan fingerprint density at radius 1 is 1.07 bits per heavy atom. The van der Waals surface area contributed by atoms with Crippen molar-refractivity contribution in [3.8, 4) is 0 Å². The fraction of sp³-hybridized carbons (Fsp3) is 0.600. The molecule has 1 fully saturated rings. The molecule has 0 aromatic carbocycles. The molecule has 4 nitrogen and oxygen atoms in total. The molecule has 1 rings (SSSR count). The number of carboxylic acid groups (broad SMARTS) is 2. The number of hydrogen-bond donors (Lipinski definition) is 2. The fourth-order valence-electron chi connectivity index (χ4n) is 1.97. The van der Waals surface area contributed by atoms with E-state index >= 15 is 0 Å². The molecule has 0 unspecified atom stereocenters. The monoisotopic (exact) mass is 198 g/mol. The number of rotatable bonds is 3. The molecule has 0 aliphatic heterocycles. The van der Waals surface area contributed by atoms with E-state index in [1.165, 1.54) is 6.92 Å². The van der Waals surface area contributed by atoms with Crippen molar-refractivity contribution in [2.75, 3.05) is 0 Å². The lowest BCUT2D eigenvalue weighted by atomic mass is 9.93. The van der Waals surface area contributed by atoms with Crippen LogP contribution in [-0.2, 0) is 9.59 Å². The van der Waals surface area contributed by atoms with E-state index in [4.69, 9.17) is 10.2 Å². The predicted molar refractivity (Wildman–Crippen MR) is 49.9 cm³/mol. The number of hydrogen-bond acceptors (Lipinski definition) is 2. The molecule has 0 radical (unpaired) electrons. The van der Waals surface area contributed by atoms with Crippen molar-refractivity contribution in [3.63, 3.8) is 0 Å². The van der Waals surface area contributed by atoms with E-state index < -0.39 is 11.9 Å². The van der Waals surface area contributed by atoms with Crippen molar-refractivity contribution >= 4 is 11.9 Å². The number of aliphatic carboxylic acids is 2. The van der Waals surface area contributed by atoms with Gasteiger partial charge in [-0.15, -0.1) is 0 Å². The van der Waals surface area contributed by atoms with Gasteiger partial charge >= 0.3 is 11.9 Å². The van der Waals surface area contributed by atoms with E-state index in [1.54, 1.807) is 0 Å². The number of carbonyl (C=O) groups is 2. The van der Waals surface area contributed by atoms with Gasteiger partial charge in [0.15, 0.2) is 0 Å². The Labute approximate surface area is 82.2 Å². The van der Waals surface area contributed by atoms with E-state index in [2.05, 4.69) is 0 Å². The van der Waals surface area contributed by atoms with Crippen molar-refractivity contribution in [2.24, 2.45) is 5.92 Å². The molecule has 0 aromatic rings. The zero-order valence-corrected chi connectivity index (χ0v) is 8.12. The normalized spacial score (nSPS) is 19.2. The highest BCUT2D eigenvalue weighted by molar-refractivity contribution is 5.98. The van der Waals surface area contributed by atoms with Gasteiger partial charge in [0, 0.05) is 5.57 Å². The summed E-state index contributed by atoms with van der Waals surface area (Å²) in [5.74, 6) is -2.28. The molecule has 0 spiro atoms. The molecule has 0 atom stereocenters. The Morgan fingerprint density at radius 2 is 1.57 bits per heavy atom. The van der Waals surface area contributed by atoms with Gasteiger partial charge in [-0.25, -0.2) is 9.59 Å². The molecular formula is C10H14O4. The van der Waals surface area contributed by atoms with Gasteiger partial charge in [-0.3, -0.25) is 0 Å². The van der Waals surface area contributed by atoms with Crippen LogP contribution in [0.5, 0.6) is 0 Å². The van der Waals surface area contributed by atoms with Crippen molar-refractivity contribution in [1.82, 2.24) is 0 Å². The average Bonchev–Trinajstić information content (AvgIpc) is 2.56. The molecule has 4 heteroatoms. The topological polar surface area (TPSA) is 74.6 Å². The first-order valence-electron chi connectivity index (χ1n) is 4.71. The molecule has 0 heterocycles. The predicted octanol–water partition coefficient (Wildman–Crippen LogP) is 1.66. The van der Waals surface area contributed by atoms with E-state index in [0.29, 0.717) is 0 Å². The molecule has 0 amide bonds. The number of carboxylic acids is 2. The second-order valence-corrected chi connectivity index (χ2v) is 3.63. The summed E-state index contributed by atoms with van der Waals surface area (Å²) in [7, 11) is 0. The summed E-state index contributed by atoms with van der Waals surface area (Å²) in [5.41, 5.74) is 0.0689. The summed E-state index contributed by atoms with van der Waals surface area (Å²) < 4.78 is 0. The zero-order valence-electron chi connectivity index (χ0n) is 8.12. The van der Waals surface area contributed by atoms with Crippen molar-refractivity contribution in [3.05, 3.63) is 11.1 Å². The summed E-state index contributed by atoms with van der Waals surface area (Å²) in [6.45, 7) is 1.37. The van der Waals surface area contributed by atoms with Crippen LogP contribution >= 0.6 is 0 Å². The largest absolute Gasteiger partial charge is 0.478 e. The van der Waals surface area contributed by atoms with E-state index in [0.717, 1.165) is 25.7 Å². The molecule has 0 bridgehead atoms. The van der Waals surface area contributed by atoms with Gasteiger partial charge in [0.25, 0.3) is 0 Å². The third-order valence-electron chi connectivity index (χ3n) is 2.72. The Kier molecular flexibility index (Phi) is 3.28. The smallest absolute Gasteiger partial charge is 0.332 e. The van der Waals surface area contributed by atoms with Gasteiger partial charge in [-0.1, -0.05) is 12.8 Å². The highest BCUT2D eigenvalue weighted by Crippen LogP contribution is 2.32. The van der Waals surface area contributed by atoms with Crippen LogP contribution in [0, 0.1) is 5.92 Å². The van der Waals surface area contributed by atoms with Crippen LogP contribution < -0.4 is 0 Å². The first-order chi connectivity index (χ1) is 6.54. The Bertz CT molecular complexity index is 284. The quantitative estimate of drug-likeness (QED) is 0.676.